The number of hydrogen-bond donors (Lipinski definition) is 0. The van der Waals surface area contributed by atoms with Gasteiger partial charge in [-0.05, 0) is 48.5 Å². The molecule has 0 unspecified atom stereocenters. The van der Waals surface area contributed by atoms with Crippen LogP contribution < -0.4 is 22.5 Å². The van der Waals surface area contributed by atoms with Crippen molar-refractivity contribution in [1.29, 1.82) is 0 Å². The molecule has 0 saturated carbocycles. The third-order valence-electron chi connectivity index (χ3n) is 8.95. The molecule has 4 aromatic heterocycles. The number of hydrogen-bond acceptors (Lipinski definition) is 6. The van der Waals surface area contributed by atoms with E-state index in [0.717, 1.165) is 33.4 Å². The molecule has 288 valence electrons. The van der Waals surface area contributed by atoms with Gasteiger partial charge in [-0.3, -0.25) is 28.1 Å². The second-order valence-electron chi connectivity index (χ2n) is 12.8. The Kier molecular flexibility index (Phi) is 10.1. The van der Waals surface area contributed by atoms with E-state index in [1.165, 1.54) is 42.9 Å². The predicted octanol–water partition coefficient (Wildman–Crippen LogP) is 4.20. The first-order valence-corrected chi connectivity index (χ1v) is 17.2. The predicted molar refractivity (Wildman–Crippen MR) is 208 cm³/mol. The molecule has 0 radical (unpaired) electrons. The van der Waals surface area contributed by atoms with E-state index in [4.69, 9.17) is 0 Å². The summed E-state index contributed by atoms with van der Waals surface area (Å²) in [7, 11) is 5.89. The van der Waals surface area contributed by atoms with Gasteiger partial charge >= 0.3 is 11.4 Å². The number of benzene rings is 4. The van der Waals surface area contributed by atoms with Gasteiger partial charge in [0, 0.05) is 56.6 Å². The van der Waals surface area contributed by atoms with Crippen LogP contribution in [0.4, 0.5) is 17.6 Å². The quantitative estimate of drug-likeness (QED) is 0.191. The summed E-state index contributed by atoms with van der Waals surface area (Å²) >= 11 is 0. The van der Waals surface area contributed by atoms with Crippen LogP contribution in [-0.4, -0.2) is 37.8 Å². The van der Waals surface area contributed by atoms with Gasteiger partial charge in [-0.1, -0.05) is 60.1 Å². The number of aryl methyl sites for hydroxylation is 4. The lowest BCUT2D eigenvalue weighted by Gasteiger charge is -2.11. The minimum absolute atomic E-state index is 0.0545. The molecule has 0 aliphatic rings. The van der Waals surface area contributed by atoms with Crippen LogP contribution >= 0.6 is 0 Å². The first kappa shape index (κ1) is 38.3. The zero-order valence-electron chi connectivity index (χ0n) is 31.0. The second-order valence-corrected chi connectivity index (χ2v) is 12.8. The molecule has 12 nitrogen and oxygen atoms in total. The number of halogens is 4. The highest BCUT2D eigenvalue weighted by Crippen LogP contribution is 2.20. The molecule has 8 aromatic rings. The van der Waals surface area contributed by atoms with E-state index in [9.17, 15) is 36.7 Å². The molecule has 58 heavy (non-hydrogen) atoms. The molecule has 8 rings (SSSR count). The molecule has 4 aromatic carbocycles. The molecule has 0 spiro atoms. The number of aromatic nitrogens is 8. The van der Waals surface area contributed by atoms with E-state index in [1.54, 1.807) is 55.6 Å². The summed E-state index contributed by atoms with van der Waals surface area (Å²) in [6.45, 7) is 0. The van der Waals surface area contributed by atoms with Crippen LogP contribution in [0, 0.1) is 47.0 Å². The lowest BCUT2D eigenvalue weighted by molar-refractivity contribution is 0.558. The van der Waals surface area contributed by atoms with Crippen molar-refractivity contribution in [3.8, 4) is 35.1 Å². The van der Waals surface area contributed by atoms with Crippen LogP contribution in [0.1, 0.15) is 22.3 Å². The normalized spacial score (nSPS) is 10.8. The molecule has 0 atom stereocenters. The fraction of sp³-hybridized carbons (Fsp3) is 0.0952. The summed E-state index contributed by atoms with van der Waals surface area (Å²) in [5.41, 5.74) is -2.96. The highest BCUT2D eigenvalue weighted by molar-refractivity contribution is 5.74. The summed E-state index contributed by atoms with van der Waals surface area (Å²) in [5, 5.41) is 7.94. The Hall–Kier alpha value is -7.98. The summed E-state index contributed by atoms with van der Waals surface area (Å²) in [4.78, 5) is 50.8. The molecule has 16 heteroatoms. The summed E-state index contributed by atoms with van der Waals surface area (Å²) in [6, 6.07) is 21.9. The Labute approximate surface area is 324 Å². The summed E-state index contributed by atoms with van der Waals surface area (Å²) in [5.74, 6) is 6.69. The van der Waals surface area contributed by atoms with Crippen molar-refractivity contribution in [3.63, 3.8) is 0 Å². The highest BCUT2D eigenvalue weighted by atomic mass is 19.1. The SMILES string of the molecule is Cn1cc2c(n1)c(=O)n(-c1c(F)cc(C#Cc3ccccc3)cc1F)c(=O)n2C.Cn1ncc2c1c(=O)n(-c1c(F)cc(C#Cc3ccccc3)cc1F)c(=O)n2C. The van der Waals surface area contributed by atoms with Crippen molar-refractivity contribution >= 4 is 22.1 Å². The van der Waals surface area contributed by atoms with E-state index in [1.807, 2.05) is 12.1 Å². The maximum Gasteiger partial charge on any atom is 0.336 e. The van der Waals surface area contributed by atoms with E-state index in [0.29, 0.717) is 20.3 Å². The molecular formula is C42H28F4N8O4. The fourth-order valence-electron chi connectivity index (χ4n) is 6.11. The zero-order chi connectivity index (χ0) is 41.4. The van der Waals surface area contributed by atoms with Crippen LogP contribution in [0.25, 0.3) is 33.4 Å². The van der Waals surface area contributed by atoms with Crippen LogP contribution in [0.2, 0.25) is 0 Å². The average molecular weight is 785 g/mol. The molecule has 0 amide bonds. The van der Waals surface area contributed by atoms with Crippen molar-refractivity contribution in [3.05, 3.63) is 185 Å². The van der Waals surface area contributed by atoms with Gasteiger partial charge < -0.3 is 0 Å². The topological polar surface area (TPSA) is 124 Å². The Morgan fingerprint density at radius 1 is 0.534 bits per heavy atom. The molecule has 0 saturated heterocycles. The highest BCUT2D eigenvalue weighted by Gasteiger charge is 2.23. The minimum atomic E-state index is -1.07. The van der Waals surface area contributed by atoms with Crippen LogP contribution in [0.3, 0.4) is 0 Å². The van der Waals surface area contributed by atoms with Gasteiger partial charge in [0.25, 0.3) is 11.1 Å². The van der Waals surface area contributed by atoms with Gasteiger partial charge in [0.2, 0.25) is 0 Å². The van der Waals surface area contributed by atoms with E-state index in [2.05, 4.69) is 33.9 Å². The zero-order valence-corrected chi connectivity index (χ0v) is 31.0. The maximum atomic E-state index is 14.8. The summed E-state index contributed by atoms with van der Waals surface area (Å²) in [6.07, 6.45) is 2.83. The third-order valence-corrected chi connectivity index (χ3v) is 8.95. The Morgan fingerprint density at radius 2 is 0.948 bits per heavy atom. The van der Waals surface area contributed by atoms with Crippen molar-refractivity contribution < 1.29 is 17.6 Å². The van der Waals surface area contributed by atoms with Crippen molar-refractivity contribution in [2.24, 2.45) is 28.2 Å². The Bertz CT molecular complexity index is 3250. The summed E-state index contributed by atoms with van der Waals surface area (Å²) < 4.78 is 64.9. The van der Waals surface area contributed by atoms with Gasteiger partial charge in [0.05, 0.1) is 17.2 Å². The fourth-order valence-corrected chi connectivity index (χ4v) is 6.11. The Balaban J connectivity index is 0.000000177. The number of nitrogens with zero attached hydrogens (tertiary/aromatic N) is 8. The molecule has 0 aliphatic heterocycles. The molecule has 0 N–H and O–H groups in total. The molecule has 0 aliphatic carbocycles. The monoisotopic (exact) mass is 784 g/mol. The van der Waals surface area contributed by atoms with Crippen LogP contribution in [0.5, 0.6) is 0 Å². The first-order valence-electron chi connectivity index (χ1n) is 17.2. The van der Waals surface area contributed by atoms with Gasteiger partial charge in [-0.2, -0.15) is 10.2 Å². The van der Waals surface area contributed by atoms with Crippen LogP contribution in [0.15, 0.2) is 117 Å². The second kappa shape index (κ2) is 15.3. The van der Waals surface area contributed by atoms with Crippen LogP contribution in [-0.2, 0) is 28.2 Å². The maximum absolute atomic E-state index is 14.8. The third kappa shape index (κ3) is 7.02. The smallest absolute Gasteiger partial charge is 0.293 e. The first-order chi connectivity index (χ1) is 27.7. The molecular weight excluding hydrogens is 757 g/mol. The number of fused-ring (bicyclic) bond motifs is 2. The van der Waals surface area contributed by atoms with E-state index < -0.39 is 57.1 Å². The average Bonchev–Trinajstić information content (AvgIpc) is 3.80. The molecule has 0 bridgehead atoms. The van der Waals surface area contributed by atoms with Gasteiger partial charge in [-0.15, -0.1) is 0 Å². The van der Waals surface area contributed by atoms with Gasteiger partial charge in [0.15, 0.2) is 34.3 Å². The van der Waals surface area contributed by atoms with Gasteiger partial charge in [-0.25, -0.2) is 36.3 Å². The number of rotatable bonds is 2. The van der Waals surface area contributed by atoms with E-state index in [-0.39, 0.29) is 33.2 Å². The standard InChI is InChI=1S/2C21H14F2N4O2/c1-25-12-17-18(24-25)20(28)27(21(29)26(17)2)19-15(22)10-14(11-16(19)23)9-8-13-6-4-3-5-7-13;1-25-17-12-24-26(2)19(17)20(28)27(21(25)29)18-15(22)10-14(11-16(18)23)9-8-13-6-4-3-5-7-13/h2*3-7,10-12H,1-2H3. The molecule has 4 heterocycles. The minimum Gasteiger partial charge on any atom is -0.293 e. The lowest BCUT2D eigenvalue weighted by atomic mass is 10.1. The lowest BCUT2D eigenvalue weighted by Crippen LogP contribution is -2.39. The molecule has 0 fully saturated rings. The Morgan fingerprint density at radius 3 is 1.41 bits per heavy atom. The van der Waals surface area contributed by atoms with Crippen molar-refractivity contribution in [2.45, 2.75) is 0 Å². The van der Waals surface area contributed by atoms with Crippen molar-refractivity contribution in [1.82, 2.24) is 37.8 Å². The van der Waals surface area contributed by atoms with Crippen molar-refractivity contribution in [2.75, 3.05) is 0 Å². The largest absolute Gasteiger partial charge is 0.336 e. The van der Waals surface area contributed by atoms with E-state index >= 15 is 0 Å². The van der Waals surface area contributed by atoms with Gasteiger partial charge in [0.1, 0.15) is 11.4 Å².